The lowest BCUT2D eigenvalue weighted by Crippen LogP contribution is -2.10. The number of alkyl halides is 4. The quantitative estimate of drug-likeness (QED) is 0.533. The number of rotatable bonds is 1. The molecule has 0 aliphatic heterocycles. The van der Waals surface area contributed by atoms with Crippen LogP contribution in [0.5, 0.6) is 0 Å². The second kappa shape index (κ2) is 4.06. The third-order valence-electron chi connectivity index (χ3n) is 1.60. The second-order valence-electron chi connectivity index (χ2n) is 2.53. The average Bonchev–Trinajstić information content (AvgIpc) is 2.02. The van der Waals surface area contributed by atoms with Gasteiger partial charge in [0, 0.05) is 10.4 Å². The minimum absolute atomic E-state index is 0.107. The average molecular weight is 291 g/mol. The van der Waals surface area contributed by atoms with Crippen LogP contribution in [0.1, 0.15) is 11.1 Å². The normalized spacial score (nSPS) is 11.9. The molecule has 0 bridgehead atoms. The molecule has 6 heteroatoms. The van der Waals surface area contributed by atoms with Crippen LogP contribution in [0.25, 0.3) is 0 Å². The van der Waals surface area contributed by atoms with Crippen LogP contribution < -0.4 is 0 Å². The van der Waals surface area contributed by atoms with Gasteiger partial charge >= 0.3 is 6.18 Å². The third-order valence-corrected chi connectivity index (χ3v) is 2.79. The van der Waals surface area contributed by atoms with Crippen molar-refractivity contribution < 1.29 is 17.6 Å². The standard InChI is InChI=1S/C8H4BrClF4/c9-7-4(3-10)1-2-5(11)6(7)8(12,13)14/h1-2H,3H2. The summed E-state index contributed by atoms with van der Waals surface area (Å²) >= 11 is 8.07. The van der Waals surface area contributed by atoms with Crippen LogP contribution in [0, 0.1) is 5.82 Å². The Morgan fingerprint density at radius 2 is 1.86 bits per heavy atom. The van der Waals surface area contributed by atoms with E-state index in [9.17, 15) is 17.6 Å². The fourth-order valence-electron chi connectivity index (χ4n) is 0.959. The molecule has 0 saturated carbocycles. The molecular formula is C8H4BrClF4. The monoisotopic (exact) mass is 290 g/mol. The Morgan fingerprint density at radius 3 is 2.29 bits per heavy atom. The summed E-state index contributed by atoms with van der Waals surface area (Å²) < 4.78 is 49.5. The lowest BCUT2D eigenvalue weighted by Gasteiger charge is -2.12. The molecule has 0 atom stereocenters. The van der Waals surface area contributed by atoms with E-state index in [0.717, 1.165) is 6.07 Å². The summed E-state index contributed by atoms with van der Waals surface area (Å²) in [5, 5.41) is 0. The first-order chi connectivity index (χ1) is 6.38. The van der Waals surface area contributed by atoms with Crippen molar-refractivity contribution in [2.24, 2.45) is 0 Å². The Morgan fingerprint density at radius 1 is 1.29 bits per heavy atom. The van der Waals surface area contributed by atoms with Crippen molar-refractivity contribution in [2.45, 2.75) is 12.1 Å². The van der Waals surface area contributed by atoms with Crippen molar-refractivity contribution in [3.05, 3.63) is 33.5 Å². The van der Waals surface area contributed by atoms with E-state index >= 15 is 0 Å². The molecule has 0 saturated heterocycles. The summed E-state index contributed by atoms with van der Waals surface area (Å²) in [6, 6.07) is 1.97. The highest BCUT2D eigenvalue weighted by molar-refractivity contribution is 9.10. The fraction of sp³-hybridized carbons (Fsp3) is 0.250. The molecular weight excluding hydrogens is 287 g/mol. The predicted octanol–water partition coefficient (Wildman–Crippen LogP) is 4.35. The Bertz CT molecular complexity index is 348. The smallest absolute Gasteiger partial charge is 0.206 e. The first-order valence-corrected chi connectivity index (χ1v) is 4.80. The molecule has 78 valence electrons. The summed E-state index contributed by atoms with van der Waals surface area (Å²) in [6.07, 6.45) is -4.72. The van der Waals surface area contributed by atoms with Gasteiger partial charge in [-0.05, 0) is 27.6 Å². The van der Waals surface area contributed by atoms with E-state index < -0.39 is 17.6 Å². The first kappa shape index (κ1) is 11.8. The van der Waals surface area contributed by atoms with Gasteiger partial charge < -0.3 is 0 Å². The molecule has 0 N–H and O–H groups in total. The lowest BCUT2D eigenvalue weighted by atomic mass is 10.1. The minimum atomic E-state index is -4.72. The number of benzene rings is 1. The molecule has 0 spiro atoms. The van der Waals surface area contributed by atoms with Crippen molar-refractivity contribution in [3.63, 3.8) is 0 Å². The van der Waals surface area contributed by atoms with Gasteiger partial charge in [-0.1, -0.05) is 6.07 Å². The Balaban J connectivity index is 3.40. The topological polar surface area (TPSA) is 0 Å². The van der Waals surface area contributed by atoms with Crippen molar-refractivity contribution in [1.29, 1.82) is 0 Å². The van der Waals surface area contributed by atoms with Gasteiger partial charge in [-0.3, -0.25) is 0 Å². The molecule has 0 fully saturated rings. The van der Waals surface area contributed by atoms with Crippen LogP contribution in [0.3, 0.4) is 0 Å². The molecule has 0 heterocycles. The molecule has 0 aliphatic rings. The summed E-state index contributed by atoms with van der Waals surface area (Å²) in [5.74, 6) is -1.41. The van der Waals surface area contributed by atoms with Crippen molar-refractivity contribution >= 4 is 27.5 Å². The third kappa shape index (κ3) is 2.20. The SMILES string of the molecule is Fc1ccc(CCl)c(Br)c1C(F)(F)F. The highest BCUT2D eigenvalue weighted by Gasteiger charge is 2.37. The van der Waals surface area contributed by atoms with E-state index in [-0.39, 0.29) is 15.9 Å². The van der Waals surface area contributed by atoms with Crippen LogP contribution in [-0.2, 0) is 12.1 Å². The summed E-state index contributed by atoms with van der Waals surface area (Å²) in [6.45, 7) is 0. The van der Waals surface area contributed by atoms with E-state index in [1.54, 1.807) is 0 Å². The van der Waals surface area contributed by atoms with Gasteiger partial charge in [0.2, 0.25) is 0 Å². The van der Waals surface area contributed by atoms with Gasteiger partial charge in [0.1, 0.15) is 11.4 Å². The number of hydrogen-bond acceptors (Lipinski definition) is 0. The minimum Gasteiger partial charge on any atom is -0.206 e. The summed E-state index contributed by atoms with van der Waals surface area (Å²) in [5.41, 5.74) is -1.10. The largest absolute Gasteiger partial charge is 0.420 e. The Hall–Kier alpha value is -0.290. The van der Waals surface area contributed by atoms with E-state index in [1.165, 1.54) is 6.07 Å². The van der Waals surface area contributed by atoms with E-state index in [1.807, 2.05) is 0 Å². The van der Waals surface area contributed by atoms with Crippen LogP contribution in [0.2, 0.25) is 0 Å². The molecule has 14 heavy (non-hydrogen) atoms. The molecule has 1 rings (SSSR count). The maximum atomic E-state index is 12.9. The maximum Gasteiger partial charge on any atom is 0.420 e. The molecule has 0 aliphatic carbocycles. The van der Waals surface area contributed by atoms with Gasteiger partial charge in [-0.2, -0.15) is 13.2 Å². The van der Waals surface area contributed by atoms with Crippen molar-refractivity contribution in [1.82, 2.24) is 0 Å². The highest BCUT2D eigenvalue weighted by Crippen LogP contribution is 2.38. The van der Waals surface area contributed by atoms with Crippen LogP contribution in [-0.4, -0.2) is 0 Å². The lowest BCUT2D eigenvalue weighted by molar-refractivity contribution is -0.140. The zero-order valence-corrected chi connectivity index (χ0v) is 8.97. The van der Waals surface area contributed by atoms with Crippen molar-refractivity contribution in [3.8, 4) is 0 Å². The van der Waals surface area contributed by atoms with Crippen LogP contribution >= 0.6 is 27.5 Å². The van der Waals surface area contributed by atoms with E-state index in [0.29, 0.717) is 0 Å². The second-order valence-corrected chi connectivity index (χ2v) is 3.59. The molecule has 0 aromatic heterocycles. The molecule has 0 nitrogen and oxygen atoms in total. The van der Waals surface area contributed by atoms with Crippen LogP contribution in [0.15, 0.2) is 16.6 Å². The zero-order chi connectivity index (χ0) is 10.9. The van der Waals surface area contributed by atoms with Gasteiger partial charge in [0.15, 0.2) is 0 Å². The van der Waals surface area contributed by atoms with Gasteiger partial charge in [0.05, 0.1) is 0 Å². The summed E-state index contributed by atoms with van der Waals surface area (Å²) in [4.78, 5) is 0. The Labute approximate surface area is 91.0 Å². The summed E-state index contributed by atoms with van der Waals surface area (Å²) in [7, 11) is 0. The predicted molar refractivity (Wildman–Crippen MR) is 48.7 cm³/mol. The van der Waals surface area contributed by atoms with Gasteiger partial charge in [-0.15, -0.1) is 11.6 Å². The molecule has 1 aromatic rings. The van der Waals surface area contributed by atoms with E-state index in [4.69, 9.17) is 11.6 Å². The van der Waals surface area contributed by atoms with Crippen molar-refractivity contribution in [2.75, 3.05) is 0 Å². The van der Waals surface area contributed by atoms with E-state index in [2.05, 4.69) is 15.9 Å². The fourth-order valence-corrected chi connectivity index (χ4v) is 2.03. The number of hydrogen-bond donors (Lipinski definition) is 0. The Kier molecular flexibility index (Phi) is 3.42. The first-order valence-electron chi connectivity index (χ1n) is 3.48. The number of halogens is 6. The molecule has 1 aromatic carbocycles. The zero-order valence-electron chi connectivity index (χ0n) is 6.63. The van der Waals surface area contributed by atoms with Crippen LogP contribution in [0.4, 0.5) is 17.6 Å². The van der Waals surface area contributed by atoms with Gasteiger partial charge in [0.25, 0.3) is 0 Å². The maximum absolute atomic E-state index is 12.9. The molecule has 0 unspecified atom stereocenters. The van der Waals surface area contributed by atoms with Gasteiger partial charge in [-0.25, -0.2) is 4.39 Å². The highest BCUT2D eigenvalue weighted by atomic mass is 79.9. The molecule has 0 radical (unpaired) electrons. The molecule has 0 amide bonds.